The fraction of sp³-hybridized carbons (Fsp3) is 0.514. The summed E-state index contributed by atoms with van der Waals surface area (Å²) in [5.41, 5.74) is 0.794. The number of fused-ring (bicyclic) bond motifs is 1. The van der Waals surface area contributed by atoms with Gasteiger partial charge in [0.05, 0.1) is 53.7 Å². The van der Waals surface area contributed by atoms with Crippen molar-refractivity contribution in [3.63, 3.8) is 0 Å². The molecule has 1 aliphatic carbocycles. The van der Waals surface area contributed by atoms with Crippen LogP contribution in [0, 0.1) is 11.7 Å². The number of amides is 2. The molecule has 0 radical (unpaired) electrons. The van der Waals surface area contributed by atoms with Gasteiger partial charge in [-0.15, -0.1) is 11.3 Å². The predicted molar refractivity (Wildman–Crippen MR) is 180 cm³/mol. The van der Waals surface area contributed by atoms with E-state index in [0.29, 0.717) is 38.2 Å². The normalized spacial score (nSPS) is 26.6. The third-order valence-electron chi connectivity index (χ3n) is 9.97. The SMILES string of the molecule is CO[C@H]1CN([C@H]2C[C@@H](COC3CCC(C=O)CC3)N(C(=O)Cc3cc(Cl)c(NC(=O)c4csc5ccccc45)cc3F)C2)C[C@H]1OC. The van der Waals surface area contributed by atoms with Gasteiger partial charge >= 0.3 is 0 Å². The molecule has 2 aromatic carbocycles. The molecule has 12 heteroatoms. The molecule has 47 heavy (non-hydrogen) atoms. The van der Waals surface area contributed by atoms with Gasteiger partial charge in [0, 0.05) is 61.3 Å². The van der Waals surface area contributed by atoms with Crippen molar-refractivity contribution in [1.82, 2.24) is 9.80 Å². The number of nitrogens with one attached hydrogen (secondary N) is 1. The van der Waals surface area contributed by atoms with Crippen LogP contribution in [0.5, 0.6) is 0 Å². The number of hydrogen-bond donors (Lipinski definition) is 1. The van der Waals surface area contributed by atoms with E-state index < -0.39 is 5.82 Å². The number of aldehydes is 1. The van der Waals surface area contributed by atoms with Crippen molar-refractivity contribution in [3.05, 3.63) is 63.7 Å². The number of rotatable bonds is 11. The van der Waals surface area contributed by atoms with Crippen molar-refractivity contribution in [2.24, 2.45) is 5.92 Å². The standard InChI is InChI=1S/C35H41ClFN3O6S/c1-44-31-16-39(17-32(31)45-2)23-13-24(19-46-25-9-7-21(18-41)8-10-25)40(15-23)34(42)12-22-11-28(36)30(14-29(22)37)38-35(43)27-20-47-33-6-4-3-5-26(27)33/h3-6,11,14,18,20-21,23-25,31-32H,7-10,12-13,15-17,19H2,1-2H3,(H,38,43)/t21?,23-,24-,25?,31-,32+/m0/s1. The Hall–Kier alpha value is -2.93. The van der Waals surface area contributed by atoms with E-state index in [-0.39, 0.29) is 70.8 Å². The van der Waals surface area contributed by atoms with Gasteiger partial charge in [0.2, 0.25) is 5.91 Å². The van der Waals surface area contributed by atoms with Gasteiger partial charge in [-0.3, -0.25) is 14.5 Å². The van der Waals surface area contributed by atoms with Gasteiger partial charge in [0.15, 0.2) is 0 Å². The summed E-state index contributed by atoms with van der Waals surface area (Å²) < 4.78 is 34.1. The summed E-state index contributed by atoms with van der Waals surface area (Å²) >= 11 is 8.00. The molecule has 9 nitrogen and oxygen atoms in total. The zero-order valence-electron chi connectivity index (χ0n) is 26.7. The van der Waals surface area contributed by atoms with Crippen molar-refractivity contribution < 1.29 is 33.0 Å². The number of ether oxygens (including phenoxy) is 3. The van der Waals surface area contributed by atoms with Crippen LogP contribution in [0.3, 0.4) is 0 Å². The third kappa shape index (κ3) is 7.55. The molecule has 3 fully saturated rings. The molecule has 2 amide bonds. The maximum Gasteiger partial charge on any atom is 0.257 e. The molecule has 1 saturated carbocycles. The Morgan fingerprint density at radius 2 is 1.79 bits per heavy atom. The number of methoxy groups -OCH3 is 2. The van der Waals surface area contributed by atoms with Crippen molar-refractivity contribution >= 4 is 56.8 Å². The van der Waals surface area contributed by atoms with Crippen LogP contribution in [-0.4, -0.2) is 98.8 Å². The molecule has 3 aromatic rings. The van der Waals surface area contributed by atoms with Crippen LogP contribution in [0.15, 0.2) is 41.8 Å². The van der Waals surface area contributed by atoms with Crippen LogP contribution in [0.25, 0.3) is 10.1 Å². The number of thiophene rings is 1. The summed E-state index contributed by atoms with van der Waals surface area (Å²) in [4.78, 5) is 42.2. The quantitative estimate of drug-likeness (QED) is 0.264. The third-order valence-corrected chi connectivity index (χ3v) is 11.2. The summed E-state index contributed by atoms with van der Waals surface area (Å²) in [6.45, 7) is 2.25. The average molecular weight is 686 g/mol. The Balaban J connectivity index is 1.14. The minimum absolute atomic E-state index is 0.0517. The first-order valence-corrected chi connectivity index (χ1v) is 17.4. The summed E-state index contributed by atoms with van der Waals surface area (Å²) in [6.07, 6.45) is 4.78. The molecule has 1 aromatic heterocycles. The minimum atomic E-state index is -0.617. The molecule has 0 bridgehead atoms. The number of likely N-dealkylation sites (tertiary alicyclic amines) is 2. The molecule has 4 atom stereocenters. The number of hydrogen-bond acceptors (Lipinski definition) is 8. The Morgan fingerprint density at radius 1 is 1.06 bits per heavy atom. The maximum absolute atomic E-state index is 15.5. The lowest BCUT2D eigenvalue weighted by molar-refractivity contribution is -0.133. The van der Waals surface area contributed by atoms with Crippen LogP contribution < -0.4 is 5.32 Å². The van der Waals surface area contributed by atoms with Crippen LogP contribution >= 0.6 is 22.9 Å². The molecule has 1 N–H and O–H groups in total. The monoisotopic (exact) mass is 685 g/mol. The highest BCUT2D eigenvalue weighted by Gasteiger charge is 2.43. The summed E-state index contributed by atoms with van der Waals surface area (Å²) in [7, 11) is 3.36. The van der Waals surface area contributed by atoms with Crippen LogP contribution in [0.4, 0.5) is 10.1 Å². The topological polar surface area (TPSA) is 97.4 Å². The number of benzene rings is 2. The van der Waals surface area contributed by atoms with E-state index in [0.717, 1.165) is 42.1 Å². The fourth-order valence-electron chi connectivity index (χ4n) is 7.21. The average Bonchev–Trinajstić information content (AvgIpc) is 3.83. The van der Waals surface area contributed by atoms with Crippen LogP contribution in [-0.2, 0) is 30.2 Å². The van der Waals surface area contributed by atoms with Gasteiger partial charge in [0.1, 0.15) is 12.1 Å². The van der Waals surface area contributed by atoms with E-state index in [1.807, 2.05) is 29.2 Å². The van der Waals surface area contributed by atoms with Gasteiger partial charge in [-0.25, -0.2) is 4.39 Å². The summed E-state index contributed by atoms with van der Waals surface area (Å²) in [6, 6.07) is 10.1. The lowest BCUT2D eigenvalue weighted by Crippen LogP contribution is -2.41. The zero-order chi connectivity index (χ0) is 33.1. The second-order valence-corrected chi connectivity index (χ2v) is 14.1. The van der Waals surface area contributed by atoms with E-state index in [2.05, 4.69) is 10.2 Å². The molecule has 2 aliphatic heterocycles. The van der Waals surface area contributed by atoms with Crippen LogP contribution in [0.1, 0.15) is 48.0 Å². The Morgan fingerprint density at radius 3 is 2.49 bits per heavy atom. The van der Waals surface area contributed by atoms with E-state index in [1.54, 1.807) is 19.6 Å². The molecule has 0 unspecified atom stereocenters. The van der Waals surface area contributed by atoms with Crippen molar-refractivity contribution in [1.29, 1.82) is 0 Å². The minimum Gasteiger partial charge on any atom is -0.377 e. The van der Waals surface area contributed by atoms with E-state index in [4.69, 9.17) is 25.8 Å². The number of anilines is 1. The van der Waals surface area contributed by atoms with E-state index in [1.165, 1.54) is 23.5 Å². The highest BCUT2D eigenvalue weighted by atomic mass is 35.5. The van der Waals surface area contributed by atoms with Gasteiger partial charge in [-0.05, 0) is 55.9 Å². The highest BCUT2D eigenvalue weighted by Crippen LogP contribution is 2.33. The lowest BCUT2D eigenvalue weighted by Gasteiger charge is -2.29. The first-order valence-electron chi connectivity index (χ1n) is 16.2. The number of carbonyl (C=O) groups excluding carboxylic acids is 3. The van der Waals surface area contributed by atoms with Crippen LogP contribution in [0.2, 0.25) is 5.02 Å². The molecule has 252 valence electrons. The number of halogens is 2. The Kier molecular flexibility index (Phi) is 10.9. The molecule has 3 heterocycles. The fourth-order valence-corrected chi connectivity index (χ4v) is 8.38. The molecule has 3 aliphatic rings. The molecule has 2 saturated heterocycles. The Bertz CT molecular complexity index is 1580. The lowest BCUT2D eigenvalue weighted by atomic mass is 9.88. The van der Waals surface area contributed by atoms with Crippen molar-refractivity contribution in [3.8, 4) is 0 Å². The van der Waals surface area contributed by atoms with E-state index in [9.17, 15) is 14.4 Å². The Labute approximate surface area is 283 Å². The van der Waals surface area contributed by atoms with Crippen molar-refractivity contribution in [2.75, 3.05) is 45.8 Å². The second-order valence-electron chi connectivity index (χ2n) is 12.8. The van der Waals surface area contributed by atoms with E-state index >= 15 is 4.39 Å². The molecule has 6 rings (SSSR count). The predicted octanol–water partition coefficient (Wildman–Crippen LogP) is 5.58. The molecule has 0 spiro atoms. The van der Waals surface area contributed by atoms with Gasteiger partial charge in [-0.1, -0.05) is 29.8 Å². The summed E-state index contributed by atoms with van der Waals surface area (Å²) in [5.74, 6) is -1.12. The highest BCUT2D eigenvalue weighted by molar-refractivity contribution is 7.17. The number of nitrogens with zero attached hydrogens (tertiary/aromatic N) is 2. The smallest absolute Gasteiger partial charge is 0.257 e. The number of carbonyl (C=O) groups is 3. The van der Waals surface area contributed by atoms with Gasteiger partial charge in [0.25, 0.3) is 5.91 Å². The van der Waals surface area contributed by atoms with Gasteiger partial charge < -0.3 is 29.2 Å². The zero-order valence-corrected chi connectivity index (χ0v) is 28.2. The summed E-state index contributed by atoms with van der Waals surface area (Å²) in [5, 5.41) is 5.47. The first-order chi connectivity index (χ1) is 22.8. The first kappa shape index (κ1) is 34.0. The largest absolute Gasteiger partial charge is 0.377 e. The van der Waals surface area contributed by atoms with Crippen molar-refractivity contribution in [2.45, 2.75) is 68.9 Å². The molecular formula is C35H41ClFN3O6S. The molecular weight excluding hydrogens is 645 g/mol. The van der Waals surface area contributed by atoms with Gasteiger partial charge in [-0.2, -0.15) is 0 Å². The maximum atomic E-state index is 15.5. The second kappa shape index (κ2) is 15.1.